The Balaban J connectivity index is 2.03. The van der Waals surface area contributed by atoms with Gasteiger partial charge in [0.05, 0.1) is 12.0 Å². The van der Waals surface area contributed by atoms with Gasteiger partial charge in [0.15, 0.2) is 0 Å². The van der Waals surface area contributed by atoms with E-state index in [9.17, 15) is 4.79 Å². The number of hydrogen-bond acceptors (Lipinski definition) is 6. The van der Waals surface area contributed by atoms with Crippen molar-refractivity contribution < 1.29 is 13.9 Å². The van der Waals surface area contributed by atoms with E-state index in [1.807, 2.05) is 37.3 Å². The van der Waals surface area contributed by atoms with Gasteiger partial charge in [-0.15, -0.1) is 0 Å². The molecule has 1 atom stereocenters. The third-order valence-electron chi connectivity index (χ3n) is 3.80. The van der Waals surface area contributed by atoms with Crippen LogP contribution < -0.4 is 5.32 Å². The SMILES string of the molecule is CCOC(=O)c1c(C)oc2ncnc(N[C@H](C)c3ccccc3)c12. The number of benzene rings is 1. The maximum Gasteiger partial charge on any atom is 0.342 e. The van der Waals surface area contributed by atoms with Crippen molar-refractivity contribution in [3.8, 4) is 0 Å². The second-order valence-electron chi connectivity index (χ2n) is 5.43. The van der Waals surface area contributed by atoms with Gasteiger partial charge in [0, 0.05) is 6.04 Å². The Morgan fingerprint density at radius 1 is 1.29 bits per heavy atom. The second-order valence-corrected chi connectivity index (χ2v) is 5.43. The normalized spacial score (nSPS) is 12.1. The van der Waals surface area contributed by atoms with Gasteiger partial charge < -0.3 is 14.5 Å². The number of anilines is 1. The second kappa shape index (κ2) is 6.70. The van der Waals surface area contributed by atoms with Crippen LogP contribution in [-0.4, -0.2) is 22.5 Å². The molecule has 0 aliphatic carbocycles. The number of aryl methyl sites for hydroxylation is 1. The average Bonchev–Trinajstić information content (AvgIpc) is 2.93. The highest BCUT2D eigenvalue weighted by Gasteiger charge is 2.24. The number of carbonyl (C=O) groups is 1. The average molecular weight is 325 g/mol. The summed E-state index contributed by atoms with van der Waals surface area (Å²) in [4.78, 5) is 20.7. The van der Waals surface area contributed by atoms with Crippen molar-refractivity contribution in [3.63, 3.8) is 0 Å². The number of rotatable bonds is 5. The van der Waals surface area contributed by atoms with Crippen LogP contribution in [0.15, 0.2) is 41.1 Å². The predicted molar refractivity (Wildman–Crippen MR) is 91.0 cm³/mol. The molecule has 0 aliphatic heterocycles. The molecule has 0 saturated carbocycles. The fraction of sp³-hybridized carbons (Fsp3) is 0.278. The minimum Gasteiger partial charge on any atom is -0.462 e. The molecule has 3 rings (SSSR count). The topological polar surface area (TPSA) is 77.2 Å². The van der Waals surface area contributed by atoms with Crippen LogP contribution in [0.2, 0.25) is 0 Å². The lowest BCUT2D eigenvalue weighted by atomic mass is 10.1. The first kappa shape index (κ1) is 16.0. The van der Waals surface area contributed by atoms with Crippen molar-refractivity contribution in [1.29, 1.82) is 0 Å². The number of hydrogen-bond donors (Lipinski definition) is 1. The third-order valence-corrected chi connectivity index (χ3v) is 3.80. The zero-order valence-electron chi connectivity index (χ0n) is 13.9. The monoisotopic (exact) mass is 325 g/mol. The summed E-state index contributed by atoms with van der Waals surface area (Å²) in [5.74, 6) is 0.592. The van der Waals surface area contributed by atoms with Crippen LogP contribution in [0.1, 0.15) is 41.6 Å². The number of carbonyl (C=O) groups excluding carboxylic acids is 1. The van der Waals surface area contributed by atoms with Crippen molar-refractivity contribution in [1.82, 2.24) is 9.97 Å². The minimum atomic E-state index is -0.432. The quantitative estimate of drug-likeness (QED) is 0.717. The number of ether oxygens (including phenoxy) is 1. The molecule has 3 aromatic rings. The van der Waals surface area contributed by atoms with Gasteiger partial charge in [-0.3, -0.25) is 0 Å². The van der Waals surface area contributed by atoms with Crippen molar-refractivity contribution >= 4 is 22.9 Å². The van der Waals surface area contributed by atoms with Crippen LogP contribution in [0.3, 0.4) is 0 Å². The summed E-state index contributed by atoms with van der Waals surface area (Å²) in [7, 11) is 0. The van der Waals surface area contributed by atoms with E-state index in [0.717, 1.165) is 5.56 Å². The number of furan rings is 1. The van der Waals surface area contributed by atoms with Crippen LogP contribution >= 0.6 is 0 Å². The van der Waals surface area contributed by atoms with Gasteiger partial charge >= 0.3 is 5.97 Å². The van der Waals surface area contributed by atoms with Crippen LogP contribution in [-0.2, 0) is 4.74 Å². The van der Waals surface area contributed by atoms with E-state index in [4.69, 9.17) is 9.15 Å². The minimum absolute atomic E-state index is 0.00884. The summed E-state index contributed by atoms with van der Waals surface area (Å²) in [6.45, 7) is 5.81. The molecular weight excluding hydrogens is 306 g/mol. The molecule has 6 nitrogen and oxygen atoms in total. The van der Waals surface area contributed by atoms with Crippen LogP contribution in [0.25, 0.3) is 11.1 Å². The Morgan fingerprint density at radius 3 is 2.75 bits per heavy atom. The Morgan fingerprint density at radius 2 is 2.04 bits per heavy atom. The molecule has 0 fully saturated rings. The van der Waals surface area contributed by atoms with Gasteiger partial charge in [-0.2, -0.15) is 0 Å². The van der Waals surface area contributed by atoms with Crippen molar-refractivity contribution in [3.05, 3.63) is 53.5 Å². The molecule has 0 bridgehead atoms. The summed E-state index contributed by atoms with van der Waals surface area (Å²) < 4.78 is 10.7. The zero-order chi connectivity index (χ0) is 17.1. The van der Waals surface area contributed by atoms with Crippen LogP contribution in [0, 0.1) is 6.92 Å². The summed E-state index contributed by atoms with van der Waals surface area (Å²) in [5, 5.41) is 3.89. The first-order valence-corrected chi connectivity index (χ1v) is 7.84. The highest BCUT2D eigenvalue weighted by atomic mass is 16.5. The molecule has 0 unspecified atom stereocenters. The fourth-order valence-corrected chi connectivity index (χ4v) is 2.63. The molecule has 0 saturated heterocycles. The maximum absolute atomic E-state index is 12.3. The third kappa shape index (κ3) is 2.95. The molecule has 0 amide bonds. The van der Waals surface area contributed by atoms with E-state index >= 15 is 0 Å². The van der Waals surface area contributed by atoms with E-state index < -0.39 is 5.97 Å². The predicted octanol–water partition coefficient (Wildman–Crippen LogP) is 3.88. The largest absolute Gasteiger partial charge is 0.462 e. The number of nitrogens with zero attached hydrogens (tertiary/aromatic N) is 2. The Hall–Kier alpha value is -2.89. The van der Waals surface area contributed by atoms with Crippen LogP contribution in [0.4, 0.5) is 5.82 Å². The lowest BCUT2D eigenvalue weighted by Gasteiger charge is -2.15. The standard InChI is InChI=1S/C18H19N3O3/c1-4-23-18(22)14-12(3)24-17-15(14)16(19-10-20-17)21-11(2)13-8-6-5-7-9-13/h5-11H,4H2,1-3H3,(H,19,20,21)/t11-/m1/s1. The smallest absolute Gasteiger partial charge is 0.342 e. The molecule has 124 valence electrons. The molecule has 2 heterocycles. The Bertz CT molecular complexity index is 859. The van der Waals surface area contributed by atoms with Crippen molar-refractivity contribution in [2.24, 2.45) is 0 Å². The van der Waals surface area contributed by atoms with Crippen molar-refractivity contribution in [2.45, 2.75) is 26.8 Å². The first-order valence-electron chi connectivity index (χ1n) is 7.84. The first-order chi connectivity index (χ1) is 11.6. The molecule has 0 aliphatic rings. The van der Waals surface area contributed by atoms with Crippen LogP contribution in [0.5, 0.6) is 0 Å². The van der Waals surface area contributed by atoms with Gasteiger partial charge in [-0.25, -0.2) is 14.8 Å². The number of fused-ring (bicyclic) bond motifs is 1. The van der Waals surface area contributed by atoms with E-state index in [1.54, 1.807) is 13.8 Å². The van der Waals surface area contributed by atoms with Gasteiger partial charge in [0.1, 0.15) is 23.5 Å². The number of aromatic nitrogens is 2. The zero-order valence-corrected chi connectivity index (χ0v) is 13.9. The van der Waals surface area contributed by atoms with Gasteiger partial charge in [0.25, 0.3) is 0 Å². The summed E-state index contributed by atoms with van der Waals surface area (Å²) in [6, 6.07) is 10.0. The fourth-order valence-electron chi connectivity index (χ4n) is 2.63. The van der Waals surface area contributed by atoms with E-state index in [-0.39, 0.29) is 6.04 Å². The van der Waals surface area contributed by atoms with Gasteiger partial charge in [0.2, 0.25) is 5.71 Å². The van der Waals surface area contributed by atoms with Crippen molar-refractivity contribution in [2.75, 3.05) is 11.9 Å². The molecule has 24 heavy (non-hydrogen) atoms. The number of esters is 1. The lowest BCUT2D eigenvalue weighted by Crippen LogP contribution is -2.10. The number of nitrogens with one attached hydrogen (secondary N) is 1. The molecular formula is C18H19N3O3. The van der Waals surface area contributed by atoms with Gasteiger partial charge in [-0.1, -0.05) is 30.3 Å². The van der Waals surface area contributed by atoms with E-state index in [0.29, 0.717) is 34.8 Å². The van der Waals surface area contributed by atoms with E-state index in [2.05, 4.69) is 15.3 Å². The van der Waals surface area contributed by atoms with E-state index in [1.165, 1.54) is 6.33 Å². The summed E-state index contributed by atoms with van der Waals surface area (Å²) in [5.41, 5.74) is 1.85. The molecule has 0 radical (unpaired) electrons. The highest BCUT2D eigenvalue weighted by molar-refractivity contribution is 6.07. The molecule has 6 heteroatoms. The highest BCUT2D eigenvalue weighted by Crippen LogP contribution is 2.31. The molecule has 1 N–H and O–H groups in total. The summed E-state index contributed by atoms with van der Waals surface area (Å²) in [6.07, 6.45) is 1.42. The van der Waals surface area contributed by atoms with Gasteiger partial charge in [-0.05, 0) is 26.3 Å². The summed E-state index contributed by atoms with van der Waals surface area (Å²) >= 11 is 0. The molecule has 0 spiro atoms. The lowest BCUT2D eigenvalue weighted by molar-refractivity contribution is 0.0526. The Kier molecular flexibility index (Phi) is 4.46. The molecule has 2 aromatic heterocycles. The molecule has 1 aromatic carbocycles. The Labute approximate surface area is 139 Å². The maximum atomic E-state index is 12.3.